The molecular weight excluding hydrogens is 304 g/mol. The molecule has 0 fully saturated rings. The minimum atomic E-state index is -0.917. The molecule has 0 saturated carbocycles. The largest absolute Gasteiger partial charge is 0.481 e. The molecular formula is C14H16N4O3S. The molecule has 0 spiro atoms. The summed E-state index contributed by atoms with van der Waals surface area (Å²) >= 11 is 1.52. The van der Waals surface area contributed by atoms with E-state index in [1.807, 2.05) is 12.1 Å². The average molecular weight is 320 g/mol. The Morgan fingerprint density at radius 2 is 2.05 bits per heavy atom. The van der Waals surface area contributed by atoms with Gasteiger partial charge in [0.1, 0.15) is 6.33 Å². The molecule has 1 aromatic carbocycles. The van der Waals surface area contributed by atoms with Gasteiger partial charge in [-0.05, 0) is 17.7 Å². The fourth-order valence-corrected chi connectivity index (χ4v) is 2.48. The molecule has 0 atom stereocenters. The second-order valence-corrected chi connectivity index (χ2v) is 5.61. The molecule has 8 heteroatoms. The van der Waals surface area contributed by atoms with E-state index in [0.29, 0.717) is 5.56 Å². The minimum absolute atomic E-state index is 0.0614. The van der Waals surface area contributed by atoms with Crippen LogP contribution < -0.4 is 0 Å². The van der Waals surface area contributed by atoms with Crippen molar-refractivity contribution < 1.29 is 14.7 Å². The highest BCUT2D eigenvalue weighted by molar-refractivity contribution is 7.98. The van der Waals surface area contributed by atoms with E-state index in [1.54, 1.807) is 19.2 Å². The number of H-pyrrole nitrogens is 1. The van der Waals surface area contributed by atoms with Crippen molar-refractivity contribution in [2.75, 3.05) is 13.6 Å². The van der Waals surface area contributed by atoms with E-state index in [-0.39, 0.29) is 18.9 Å². The van der Waals surface area contributed by atoms with Gasteiger partial charge in [-0.3, -0.25) is 14.7 Å². The van der Waals surface area contributed by atoms with Crippen LogP contribution in [0.4, 0.5) is 0 Å². The van der Waals surface area contributed by atoms with Crippen molar-refractivity contribution in [1.82, 2.24) is 20.1 Å². The molecule has 1 aromatic heterocycles. The molecule has 0 radical (unpaired) electrons. The Kier molecular flexibility index (Phi) is 5.54. The molecule has 116 valence electrons. The van der Waals surface area contributed by atoms with Gasteiger partial charge in [0.05, 0.1) is 6.42 Å². The normalized spacial score (nSPS) is 10.4. The van der Waals surface area contributed by atoms with Crippen LogP contribution in [0.15, 0.2) is 35.7 Å². The maximum absolute atomic E-state index is 12.1. The zero-order valence-electron chi connectivity index (χ0n) is 12.0. The zero-order chi connectivity index (χ0) is 15.9. The number of aliphatic carboxylic acids is 1. The van der Waals surface area contributed by atoms with Gasteiger partial charge in [-0.1, -0.05) is 23.9 Å². The maximum Gasteiger partial charge on any atom is 0.305 e. The highest BCUT2D eigenvalue weighted by Gasteiger charge is 2.12. The lowest BCUT2D eigenvalue weighted by Crippen LogP contribution is -2.28. The summed E-state index contributed by atoms with van der Waals surface area (Å²) in [6, 6.07) is 7.25. The van der Waals surface area contributed by atoms with Crippen LogP contribution >= 0.6 is 11.8 Å². The Morgan fingerprint density at radius 3 is 2.64 bits per heavy atom. The third-order valence-corrected chi connectivity index (χ3v) is 3.92. The molecule has 7 nitrogen and oxygen atoms in total. The lowest BCUT2D eigenvalue weighted by Gasteiger charge is -2.16. The standard InChI is InChI=1S/C14H16N4O3S/c1-18(7-6-12(19)20)13(21)11-4-2-10(3-5-11)8-22-14-15-9-16-17-14/h2-5,9H,6-8H2,1H3,(H,19,20)(H,15,16,17). The number of amides is 1. The summed E-state index contributed by atoms with van der Waals surface area (Å²) in [4.78, 5) is 28.1. The topological polar surface area (TPSA) is 99.2 Å². The van der Waals surface area contributed by atoms with E-state index in [2.05, 4.69) is 15.2 Å². The Hall–Kier alpha value is -2.35. The monoisotopic (exact) mass is 320 g/mol. The van der Waals surface area contributed by atoms with E-state index in [0.717, 1.165) is 16.5 Å². The maximum atomic E-state index is 12.1. The Morgan fingerprint density at radius 1 is 1.32 bits per heavy atom. The first-order valence-electron chi connectivity index (χ1n) is 6.60. The van der Waals surface area contributed by atoms with Gasteiger partial charge < -0.3 is 10.0 Å². The number of aromatic amines is 1. The third kappa shape index (κ3) is 4.59. The molecule has 0 aliphatic rings. The molecule has 0 aliphatic carbocycles. The summed E-state index contributed by atoms with van der Waals surface area (Å²) < 4.78 is 0. The number of aromatic nitrogens is 3. The number of carboxylic acids is 1. The van der Waals surface area contributed by atoms with Crippen LogP contribution in [0, 0.1) is 0 Å². The van der Waals surface area contributed by atoms with Gasteiger partial charge in [-0.2, -0.15) is 5.10 Å². The van der Waals surface area contributed by atoms with Gasteiger partial charge in [0, 0.05) is 24.9 Å². The van der Waals surface area contributed by atoms with Crippen molar-refractivity contribution in [2.24, 2.45) is 0 Å². The van der Waals surface area contributed by atoms with Gasteiger partial charge in [0.25, 0.3) is 5.91 Å². The smallest absolute Gasteiger partial charge is 0.305 e. The molecule has 0 bridgehead atoms. The molecule has 0 saturated heterocycles. The van der Waals surface area contributed by atoms with Crippen LogP contribution in [-0.2, 0) is 10.5 Å². The van der Waals surface area contributed by atoms with Gasteiger partial charge in [-0.25, -0.2) is 4.98 Å². The van der Waals surface area contributed by atoms with E-state index in [4.69, 9.17) is 5.11 Å². The Balaban J connectivity index is 1.90. The van der Waals surface area contributed by atoms with Crippen LogP contribution in [0.3, 0.4) is 0 Å². The summed E-state index contributed by atoms with van der Waals surface area (Å²) in [7, 11) is 1.60. The average Bonchev–Trinajstić information content (AvgIpc) is 3.03. The minimum Gasteiger partial charge on any atom is -0.481 e. The van der Waals surface area contributed by atoms with Crippen LogP contribution in [-0.4, -0.2) is 50.7 Å². The summed E-state index contributed by atoms with van der Waals surface area (Å²) in [5, 5.41) is 15.9. The Labute approximate surface area is 131 Å². The molecule has 2 rings (SSSR count). The number of hydrogen-bond acceptors (Lipinski definition) is 5. The predicted octanol–water partition coefficient (Wildman–Crippen LogP) is 1.64. The summed E-state index contributed by atoms with van der Waals surface area (Å²) in [5.74, 6) is -0.381. The second-order valence-electron chi connectivity index (χ2n) is 4.65. The molecule has 0 aliphatic heterocycles. The summed E-state index contributed by atoms with van der Waals surface area (Å²) in [5.41, 5.74) is 1.60. The van der Waals surface area contributed by atoms with Gasteiger partial charge in [0.2, 0.25) is 0 Å². The van der Waals surface area contributed by atoms with Gasteiger partial charge >= 0.3 is 5.97 Å². The second kappa shape index (κ2) is 7.60. The number of rotatable bonds is 7. The number of carbonyl (C=O) groups is 2. The van der Waals surface area contributed by atoms with E-state index in [1.165, 1.54) is 23.0 Å². The summed E-state index contributed by atoms with van der Waals surface area (Å²) in [6.45, 7) is 0.192. The first-order valence-corrected chi connectivity index (χ1v) is 7.59. The van der Waals surface area contributed by atoms with Crippen molar-refractivity contribution in [3.05, 3.63) is 41.7 Å². The molecule has 1 heterocycles. The van der Waals surface area contributed by atoms with Crippen LogP contribution in [0.25, 0.3) is 0 Å². The number of hydrogen-bond donors (Lipinski definition) is 2. The molecule has 0 unspecified atom stereocenters. The molecule has 1 amide bonds. The van der Waals surface area contributed by atoms with E-state index in [9.17, 15) is 9.59 Å². The SMILES string of the molecule is CN(CCC(=O)O)C(=O)c1ccc(CSc2ncn[nH]2)cc1. The fraction of sp³-hybridized carbons (Fsp3) is 0.286. The van der Waals surface area contributed by atoms with Gasteiger partial charge in [0.15, 0.2) is 5.16 Å². The first kappa shape index (κ1) is 16.0. The number of nitrogens with zero attached hydrogens (tertiary/aromatic N) is 3. The number of carbonyl (C=O) groups excluding carboxylic acids is 1. The van der Waals surface area contributed by atoms with Crippen LogP contribution in [0.1, 0.15) is 22.3 Å². The quantitative estimate of drug-likeness (QED) is 0.753. The lowest BCUT2D eigenvalue weighted by atomic mass is 10.1. The number of nitrogens with one attached hydrogen (secondary N) is 1. The molecule has 2 aromatic rings. The van der Waals surface area contributed by atoms with Crippen molar-refractivity contribution in [2.45, 2.75) is 17.3 Å². The lowest BCUT2D eigenvalue weighted by molar-refractivity contribution is -0.137. The summed E-state index contributed by atoms with van der Waals surface area (Å²) in [6.07, 6.45) is 1.39. The van der Waals surface area contributed by atoms with Crippen molar-refractivity contribution in [1.29, 1.82) is 0 Å². The zero-order valence-corrected chi connectivity index (χ0v) is 12.8. The highest BCUT2D eigenvalue weighted by atomic mass is 32.2. The Bertz CT molecular complexity index is 628. The van der Waals surface area contributed by atoms with Crippen LogP contribution in [0.5, 0.6) is 0 Å². The fourth-order valence-electron chi connectivity index (χ4n) is 1.74. The molecule has 22 heavy (non-hydrogen) atoms. The van der Waals surface area contributed by atoms with E-state index >= 15 is 0 Å². The predicted molar refractivity (Wildman–Crippen MR) is 81.6 cm³/mol. The number of carboxylic acid groups (broad SMARTS) is 1. The first-order chi connectivity index (χ1) is 10.6. The number of benzene rings is 1. The van der Waals surface area contributed by atoms with Crippen molar-refractivity contribution >= 4 is 23.6 Å². The number of thioether (sulfide) groups is 1. The van der Waals surface area contributed by atoms with Crippen molar-refractivity contribution in [3.8, 4) is 0 Å². The van der Waals surface area contributed by atoms with Crippen molar-refractivity contribution in [3.63, 3.8) is 0 Å². The van der Waals surface area contributed by atoms with Crippen LogP contribution in [0.2, 0.25) is 0 Å². The third-order valence-electron chi connectivity index (χ3n) is 2.98. The molecule has 2 N–H and O–H groups in total. The highest BCUT2D eigenvalue weighted by Crippen LogP contribution is 2.18. The van der Waals surface area contributed by atoms with E-state index < -0.39 is 5.97 Å². The van der Waals surface area contributed by atoms with Gasteiger partial charge in [-0.15, -0.1) is 0 Å².